The molecular formula is C15H14O4S2. The Morgan fingerprint density at radius 1 is 1.10 bits per heavy atom. The minimum absolute atomic E-state index is 0.0852. The third kappa shape index (κ3) is 3.71. The number of methoxy groups -OCH3 is 1. The Morgan fingerprint density at radius 3 is 2.24 bits per heavy atom. The first kappa shape index (κ1) is 15.7. The first-order valence-corrected chi connectivity index (χ1v) is 8.01. The highest BCUT2D eigenvalue weighted by Gasteiger charge is 2.27. The molecule has 6 heteroatoms. The number of esters is 1. The van der Waals surface area contributed by atoms with Crippen LogP contribution in [0.5, 0.6) is 5.75 Å². The number of ketones is 1. The molecule has 0 unspecified atom stereocenters. The predicted octanol–water partition coefficient (Wildman–Crippen LogP) is 3.60. The molecule has 1 aromatic carbocycles. The minimum atomic E-state index is -0.586. The van der Waals surface area contributed by atoms with E-state index >= 15 is 0 Å². The summed E-state index contributed by atoms with van der Waals surface area (Å²) >= 11 is 2.70. The van der Waals surface area contributed by atoms with Gasteiger partial charge in [-0.3, -0.25) is 4.79 Å². The van der Waals surface area contributed by atoms with Crippen LogP contribution in [0.1, 0.15) is 17.3 Å². The summed E-state index contributed by atoms with van der Waals surface area (Å²) in [7, 11) is 1.56. The summed E-state index contributed by atoms with van der Waals surface area (Å²) in [5.74, 6) is -0.269. The zero-order valence-corrected chi connectivity index (χ0v) is 13.3. The summed E-state index contributed by atoms with van der Waals surface area (Å²) in [5, 5.41) is 3.67. The van der Waals surface area contributed by atoms with Crippen molar-refractivity contribution < 1.29 is 19.1 Å². The van der Waals surface area contributed by atoms with Crippen molar-refractivity contribution in [3.63, 3.8) is 0 Å². The first-order valence-electron chi connectivity index (χ1n) is 6.25. The van der Waals surface area contributed by atoms with Crippen molar-refractivity contribution in [1.29, 1.82) is 0 Å². The highest BCUT2D eigenvalue weighted by atomic mass is 32.2. The number of hydrogen-bond donors (Lipinski definition) is 0. The Kier molecular flexibility index (Phi) is 5.52. The van der Waals surface area contributed by atoms with Gasteiger partial charge in [-0.05, 0) is 42.0 Å². The molecule has 21 heavy (non-hydrogen) atoms. The normalized spacial score (nSPS) is 13.1. The van der Waals surface area contributed by atoms with Crippen molar-refractivity contribution in [2.24, 2.45) is 0 Å². The van der Waals surface area contributed by atoms with E-state index < -0.39 is 5.97 Å². The van der Waals surface area contributed by atoms with Crippen LogP contribution in [-0.2, 0) is 9.53 Å². The molecule has 2 rings (SSSR count). The third-order valence-electron chi connectivity index (χ3n) is 2.67. The van der Waals surface area contributed by atoms with Crippen LogP contribution in [0.3, 0.4) is 0 Å². The van der Waals surface area contributed by atoms with E-state index in [-0.39, 0.29) is 18.0 Å². The molecule has 0 N–H and O–H groups in total. The van der Waals surface area contributed by atoms with Gasteiger partial charge in [0.2, 0.25) is 5.78 Å². The van der Waals surface area contributed by atoms with Crippen LogP contribution in [0.2, 0.25) is 0 Å². The number of thioether (sulfide) groups is 2. The monoisotopic (exact) mass is 322 g/mol. The smallest absolute Gasteiger partial charge is 0.343 e. The van der Waals surface area contributed by atoms with E-state index in [1.807, 2.05) is 10.8 Å². The molecule has 0 atom stereocenters. The van der Waals surface area contributed by atoms with Gasteiger partial charge in [-0.25, -0.2) is 4.79 Å². The average Bonchev–Trinajstić information content (AvgIpc) is 3.01. The van der Waals surface area contributed by atoms with E-state index in [0.717, 1.165) is 0 Å². The number of Topliss-reactive ketones (excluding diaryl/α,β-unsaturated/α-hetero) is 1. The molecule has 4 nitrogen and oxygen atoms in total. The van der Waals surface area contributed by atoms with Crippen LogP contribution in [0.25, 0.3) is 0 Å². The van der Waals surface area contributed by atoms with Crippen molar-refractivity contribution >= 4 is 35.3 Å². The lowest BCUT2D eigenvalue weighted by Gasteiger charge is -2.09. The van der Waals surface area contributed by atoms with Crippen LogP contribution >= 0.6 is 23.5 Å². The Balaban J connectivity index is 2.34. The van der Waals surface area contributed by atoms with Crippen molar-refractivity contribution in [2.45, 2.75) is 6.92 Å². The summed E-state index contributed by atoms with van der Waals surface area (Å²) in [6, 6.07) is 6.65. The second kappa shape index (κ2) is 7.38. The van der Waals surface area contributed by atoms with E-state index in [2.05, 4.69) is 0 Å². The summed E-state index contributed by atoms with van der Waals surface area (Å²) in [6.07, 6.45) is 0. The van der Waals surface area contributed by atoms with Gasteiger partial charge in [0.15, 0.2) is 0 Å². The molecule has 0 spiro atoms. The fourth-order valence-corrected chi connectivity index (χ4v) is 3.52. The Morgan fingerprint density at radius 2 is 1.71 bits per heavy atom. The second-order valence-electron chi connectivity index (χ2n) is 3.95. The molecule has 0 bridgehead atoms. The number of ether oxygens (including phenoxy) is 2. The fourth-order valence-electron chi connectivity index (χ4n) is 1.68. The molecule has 1 heterocycles. The van der Waals surface area contributed by atoms with Crippen LogP contribution in [0, 0.1) is 0 Å². The molecule has 0 aromatic heterocycles. The Bertz CT molecular complexity index is 593. The van der Waals surface area contributed by atoms with Gasteiger partial charge in [-0.2, -0.15) is 0 Å². The minimum Gasteiger partial charge on any atom is -0.497 e. The molecule has 0 saturated carbocycles. The van der Waals surface area contributed by atoms with E-state index in [1.165, 1.54) is 23.5 Å². The van der Waals surface area contributed by atoms with Gasteiger partial charge in [0.05, 0.1) is 18.0 Å². The van der Waals surface area contributed by atoms with Crippen molar-refractivity contribution in [3.8, 4) is 5.75 Å². The lowest BCUT2D eigenvalue weighted by atomic mass is 10.0. The van der Waals surface area contributed by atoms with Gasteiger partial charge in [-0.15, -0.1) is 0 Å². The van der Waals surface area contributed by atoms with Crippen molar-refractivity contribution in [1.82, 2.24) is 0 Å². The van der Waals surface area contributed by atoms with Crippen LogP contribution in [0.15, 0.2) is 44.9 Å². The largest absolute Gasteiger partial charge is 0.497 e. The van der Waals surface area contributed by atoms with E-state index in [0.29, 0.717) is 15.6 Å². The van der Waals surface area contributed by atoms with Crippen LogP contribution in [0.4, 0.5) is 0 Å². The molecule has 0 radical (unpaired) electrons. The molecule has 1 aliphatic heterocycles. The molecule has 1 aliphatic rings. The maximum atomic E-state index is 12.6. The van der Waals surface area contributed by atoms with Crippen LogP contribution < -0.4 is 4.74 Å². The molecule has 0 fully saturated rings. The van der Waals surface area contributed by atoms with E-state index in [1.54, 1.807) is 38.3 Å². The number of carbonyl (C=O) groups excluding carboxylic acids is 2. The topological polar surface area (TPSA) is 52.6 Å². The SMILES string of the molecule is CCOC(=O)C(C(=O)c1ccc(OC)cc1)=C1SC=CS1. The zero-order chi connectivity index (χ0) is 15.2. The van der Waals surface area contributed by atoms with Gasteiger partial charge in [-0.1, -0.05) is 23.5 Å². The van der Waals surface area contributed by atoms with E-state index in [9.17, 15) is 9.59 Å². The molecular weight excluding hydrogens is 308 g/mol. The quantitative estimate of drug-likeness (QED) is 0.271. The molecule has 0 saturated heterocycles. The zero-order valence-electron chi connectivity index (χ0n) is 11.6. The first-order chi connectivity index (χ1) is 10.2. The predicted molar refractivity (Wildman–Crippen MR) is 85.3 cm³/mol. The maximum absolute atomic E-state index is 12.6. The van der Waals surface area contributed by atoms with Crippen LogP contribution in [-0.4, -0.2) is 25.5 Å². The average molecular weight is 322 g/mol. The molecule has 0 amide bonds. The lowest BCUT2D eigenvalue weighted by molar-refractivity contribution is -0.138. The highest BCUT2D eigenvalue weighted by Crippen LogP contribution is 2.41. The van der Waals surface area contributed by atoms with Gasteiger partial charge in [0.1, 0.15) is 11.3 Å². The molecule has 1 aromatic rings. The summed E-state index contributed by atoms with van der Waals surface area (Å²) in [6.45, 7) is 1.94. The maximum Gasteiger partial charge on any atom is 0.343 e. The Labute approximate surface area is 131 Å². The Hall–Kier alpha value is -1.66. The van der Waals surface area contributed by atoms with Gasteiger partial charge < -0.3 is 9.47 Å². The number of carbonyl (C=O) groups is 2. The summed E-state index contributed by atoms with van der Waals surface area (Å²) < 4.78 is 10.7. The van der Waals surface area contributed by atoms with Gasteiger partial charge in [0, 0.05) is 5.56 Å². The van der Waals surface area contributed by atoms with E-state index in [4.69, 9.17) is 9.47 Å². The third-order valence-corrected chi connectivity index (χ3v) is 4.80. The second-order valence-corrected chi connectivity index (χ2v) is 6.04. The number of benzene rings is 1. The number of rotatable bonds is 5. The standard InChI is InChI=1S/C15H14O4S2/c1-3-19-14(17)12(15-20-8-9-21-15)13(16)10-4-6-11(18-2)7-5-10/h4-9H,3H2,1-2H3. The van der Waals surface area contributed by atoms with Crippen molar-refractivity contribution in [3.05, 3.63) is 50.5 Å². The molecule has 110 valence electrons. The van der Waals surface area contributed by atoms with Gasteiger partial charge >= 0.3 is 5.97 Å². The highest BCUT2D eigenvalue weighted by molar-refractivity contribution is 8.27. The van der Waals surface area contributed by atoms with Gasteiger partial charge in [0.25, 0.3) is 0 Å². The summed E-state index contributed by atoms with van der Waals surface area (Å²) in [5.41, 5.74) is 0.515. The summed E-state index contributed by atoms with van der Waals surface area (Å²) in [4.78, 5) is 24.7. The number of hydrogen-bond acceptors (Lipinski definition) is 6. The lowest BCUT2D eigenvalue weighted by Crippen LogP contribution is -2.17. The molecule has 0 aliphatic carbocycles. The fraction of sp³-hybridized carbons (Fsp3) is 0.200. The van der Waals surface area contributed by atoms with Crippen molar-refractivity contribution in [2.75, 3.05) is 13.7 Å².